The molecule has 0 heterocycles. The third-order valence-corrected chi connectivity index (χ3v) is 7.09. The van der Waals surface area contributed by atoms with E-state index in [1.54, 1.807) is 18.7 Å². The molecule has 0 bridgehead atoms. The molecule has 1 saturated carbocycles. The molecule has 0 aromatic heterocycles. The normalized spacial score (nSPS) is 16.1. The number of benzene rings is 1. The van der Waals surface area contributed by atoms with Crippen LogP contribution in [0.3, 0.4) is 0 Å². The maximum Gasteiger partial charge on any atom is 0.242 e. The lowest BCUT2D eigenvalue weighted by atomic mass is 9.78. The molecule has 2 unspecified atom stereocenters. The number of carbonyl (C=O) groups excluding carboxylic acids is 3. The SMILES string of the molecule is C/C=C(/CC(NC(=O)C(C)NC(=O)CCCSC)C(=O)C1CCC1)c1ccccc1C(C)C. The van der Waals surface area contributed by atoms with Gasteiger partial charge in [-0.3, -0.25) is 14.4 Å². The number of hydrogen-bond acceptors (Lipinski definition) is 4. The summed E-state index contributed by atoms with van der Waals surface area (Å²) >= 11 is 1.70. The van der Waals surface area contributed by atoms with Crippen molar-refractivity contribution in [3.05, 3.63) is 41.5 Å². The molecule has 1 aliphatic carbocycles. The Morgan fingerprint density at radius 2 is 1.82 bits per heavy atom. The minimum atomic E-state index is -0.680. The highest BCUT2D eigenvalue weighted by atomic mass is 32.2. The molecule has 0 radical (unpaired) electrons. The van der Waals surface area contributed by atoms with E-state index in [9.17, 15) is 14.4 Å². The van der Waals surface area contributed by atoms with Crippen LogP contribution in [0.15, 0.2) is 30.3 Å². The van der Waals surface area contributed by atoms with Gasteiger partial charge in [0.15, 0.2) is 5.78 Å². The highest BCUT2D eigenvalue weighted by molar-refractivity contribution is 7.98. The largest absolute Gasteiger partial charge is 0.345 e. The summed E-state index contributed by atoms with van der Waals surface area (Å²) in [5.74, 6) is 0.954. The summed E-state index contributed by atoms with van der Waals surface area (Å²) in [6.07, 6.45) is 8.53. The van der Waals surface area contributed by atoms with Crippen LogP contribution in [0.1, 0.15) is 83.3 Å². The van der Waals surface area contributed by atoms with Crippen LogP contribution >= 0.6 is 11.8 Å². The van der Waals surface area contributed by atoms with Gasteiger partial charge < -0.3 is 10.6 Å². The number of carbonyl (C=O) groups is 3. The molecule has 1 aromatic rings. The molecule has 1 fully saturated rings. The summed E-state index contributed by atoms with van der Waals surface area (Å²) < 4.78 is 0. The second-order valence-corrected chi connectivity index (χ2v) is 10.2. The Morgan fingerprint density at radius 1 is 1.12 bits per heavy atom. The predicted octanol–water partition coefficient (Wildman–Crippen LogP) is 5.11. The number of rotatable bonds is 13. The third kappa shape index (κ3) is 8.02. The molecule has 2 atom stereocenters. The van der Waals surface area contributed by atoms with Crippen LogP contribution in [0, 0.1) is 5.92 Å². The summed E-state index contributed by atoms with van der Waals surface area (Å²) in [7, 11) is 0. The van der Waals surface area contributed by atoms with Crippen LogP contribution in [0.5, 0.6) is 0 Å². The van der Waals surface area contributed by atoms with E-state index in [-0.39, 0.29) is 23.5 Å². The van der Waals surface area contributed by atoms with Gasteiger partial charge in [-0.05, 0) is 67.7 Å². The Labute approximate surface area is 203 Å². The zero-order valence-corrected chi connectivity index (χ0v) is 21.6. The Morgan fingerprint density at radius 3 is 2.39 bits per heavy atom. The van der Waals surface area contributed by atoms with Crippen LogP contribution in [0.2, 0.25) is 0 Å². The summed E-state index contributed by atoms with van der Waals surface area (Å²) in [6.45, 7) is 7.98. The highest BCUT2D eigenvalue weighted by Gasteiger charge is 2.33. The van der Waals surface area contributed by atoms with Gasteiger partial charge in [0.2, 0.25) is 11.8 Å². The first-order valence-electron chi connectivity index (χ1n) is 12.1. The number of hydrogen-bond donors (Lipinski definition) is 2. The van der Waals surface area contributed by atoms with E-state index in [0.29, 0.717) is 18.8 Å². The highest BCUT2D eigenvalue weighted by Crippen LogP contribution is 2.32. The van der Waals surface area contributed by atoms with E-state index in [1.165, 1.54) is 5.56 Å². The molecule has 0 spiro atoms. The van der Waals surface area contributed by atoms with Gasteiger partial charge in [-0.15, -0.1) is 0 Å². The van der Waals surface area contributed by atoms with Gasteiger partial charge in [0.25, 0.3) is 0 Å². The average Bonchev–Trinajstić information content (AvgIpc) is 2.75. The smallest absolute Gasteiger partial charge is 0.242 e. The van der Waals surface area contributed by atoms with Crippen LogP contribution < -0.4 is 10.6 Å². The molecule has 182 valence electrons. The van der Waals surface area contributed by atoms with Crippen molar-refractivity contribution in [1.82, 2.24) is 10.6 Å². The molecule has 1 aromatic carbocycles. The second kappa shape index (κ2) is 13.6. The van der Waals surface area contributed by atoms with E-state index in [0.717, 1.165) is 42.6 Å². The van der Waals surface area contributed by atoms with Gasteiger partial charge in [0.05, 0.1) is 6.04 Å². The Bertz CT molecular complexity index is 846. The molecule has 2 N–H and O–H groups in total. The Balaban J connectivity index is 2.14. The van der Waals surface area contributed by atoms with E-state index in [4.69, 9.17) is 0 Å². The molecule has 0 saturated heterocycles. The van der Waals surface area contributed by atoms with Crippen molar-refractivity contribution >= 4 is 34.9 Å². The second-order valence-electron chi connectivity index (χ2n) is 9.24. The number of thioether (sulfide) groups is 1. The molecule has 33 heavy (non-hydrogen) atoms. The molecule has 2 amide bonds. The molecular formula is C27H40N2O3S. The first kappa shape index (κ1) is 27.2. The Hall–Kier alpha value is -2.08. The van der Waals surface area contributed by atoms with Gasteiger partial charge in [0, 0.05) is 18.8 Å². The van der Waals surface area contributed by atoms with E-state index >= 15 is 0 Å². The monoisotopic (exact) mass is 472 g/mol. The van der Waals surface area contributed by atoms with Crippen LogP contribution in [-0.4, -0.2) is 41.7 Å². The summed E-state index contributed by atoms with van der Waals surface area (Å²) in [6, 6.07) is 6.99. The zero-order chi connectivity index (χ0) is 24.4. The lowest BCUT2D eigenvalue weighted by molar-refractivity contribution is -0.133. The van der Waals surface area contributed by atoms with Gasteiger partial charge in [-0.2, -0.15) is 11.8 Å². The number of amides is 2. The lowest BCUT2D eigenvalue weighted by Gasteiger charge is -2.30. The van der Waals surface area contributed by atoms with E-state index in [1.807, 2.05) is 31.4 Å². The quantitative estimate of drug-likeness (QED) is 0.392. The topological polar surface area (TPSA) is 75.3 Å². The molecule has 5 nitrogen and oxygen atoms in total. The zero-order valence-electron chi connectivity index (χ0n) is 20.8. The van der Waals surface area contributed by atoms with Crippen LogP contribution in [-0.2, 0) is 14.4 Å². The van der Waals surface area contributed by atoms with Crippen LogP contribution in [0.25, 0.3) is 5.57 Å². The van der Waals surface area contributed by atoms with Crippen molar-refractivity contribution < 1.29 is 14.4 Å². The van der Waals surface area contributed by atoms with Crippen molar-refractivity contribution in [2.24, 2.45) is 5.92 Å². The van der Waals surface area contributed by atoms with Gasteiger partial charge in [-0.25, -0.2) is 0 Å². The first-order chi connectivity index (χ1) is 15.8. The van der Waals surface area contributed by atoms with Crippen molar-refractivity contribution in [2.45, 2.75) is 84.2 Å². The van der Waals surface area contributed by atoms with Crippen molar-refractivity contribution in [3.8, 4) is 0 Å². The van der Waals surface area contributed by atoms with Gasteiger partial charge >= 0.3 is 0 Å². The fourth-order valence-electron chi connectivity index (χ4n) is 4.15. The van der Waals surface area contributed by atoms with Crippen LogP contribution in [0.4, 0.5) is 0 Å². The minimum Gasteiger partial charge on any atom is -0.345 e. The summed E-state index contributed by atoms with van der Waals surface area (Å²) in [4.78, 5) is 38.3. The number of Topliss-reactive ketones (excluding diaryl/α,β-unsaturated/α-hetero) is 1. The minimum absolute atomic E-state index is 0.0187. The molecule has 1 aliphatic rings. The molecule has 6 heteroatoms. The van der Waals surface area contributed by atoms with Crippen molar-refractivity contribution in [1.29, 1.82) is 0 Å². The van der Waals surface area contributed by atoms with Gasteiger partial charge in [-0.1, -0.05) is 50.6 Å². The molecular weight excluding hydrogens is 432 g/mol. The lowest BCUT2D eigenvalue weighted by Crippen LogP contribution is -2.52. The Kier molecular flexibility index (Phi) is 11.2. The van der Waals surface area contributed by atoms with Gasteiger partial charge in [0.1, 0.15) is 6.04 Å². The maximum atomic E-state index is 13.3. The van der Waals surface area contributed by atoms with E-state index in [2.05, 4.69) is 36.6 Å². The predicted molar refractivity (Wildman–Crippen MR) is 138 cm³/mol. The number of nitrogens with one attached hydrogen (secondary N) is 2. The van der Waals surface area contributed by atoms with Crippen molar-refractivity contribution in [2.75, 3.05) is 12.0 Å². The van der Waals surface area contributed by atoms with E-state index < -0.39 is 12.1 Å². The number of ketones is 1. The third-order valence-electron chi connectivity index (χ3n) is 6.39. The molecule has 0 aliphatic heterocycles. The summed E-state index contributed by atoms with van der Waals surface area (Å²) in [5, 5.41) is 5.75. The molecule has 2 rings (SSSR count). The fraction of sp³-hybridized carbons (Fsp3) is 0.593. The summed E-state index contributed by atoms with van der Waals surface area (Å²) in [5.41, 5.74) is 3.43. The first-order valence-corrected chi connectivity index (χ1v) is 13.5. The fourth-order valence-corrected chi connectivity index (χ4v) is 4.58. The number of allylic oxidation sites excluding steroid dienone is 1. The average molecular weight is 473 g/mol. The van der Waals surface area contributed by atoms with Crippen molar-refractivity contribution in [3.63, 3.8) is 0 Å². The maximum absolute atomic E-state index is 13.3. The standard InChI is InChI=1S/C27H40N2O3S/c1-6-20(23-14-8-7-13-22(23)18(2)3)17-24(26(31)21-11-9-12-21)29-27(32)19(4)28-25(30)15-10-16-33-5/h6-8,13-14,18-19,21,24H,9-12,15-17H2,1-5H3,(H,28,30)(H,29,32)/b20-6-.